The van der Waals surface area contributed by atoms with Gasteiger partial charge >= 0.3 is 6.03 Å². The molecule has 37 heavy (non-hydrogen) atoms. The minimum absolute atomic E-state index is 0.00305. The second-order valence-corrected chi connectivity index (χ2v) is 9.94. The SMILES string of the molecule is CCc1nccc(-c2cccnc2Oc2ccc(NC(=O)Nc3cccc(C(C)(C)C)c3)c(C)c2C)n1. The summed E-state index contributed by atoms with van der Waals surface area (Å²) in [5, 5.41) is 5.90. The number of benzene rings is 2. The van der Waals surface area contributed by atoms with E-state index in [0.717, 1.165) is 45.9 Å². The number of hydrogen-bond donors (Lipinski definition) is 2. The zero-order valence-corrected chi connectivity index (χ0v) is 22.2. The Balaban J connectivity index is 1.52. The highest BCUT2D eigenvalue weighted by Gasteiger charge is 2.16. The molecule has 2 N–H and O–H groups in total. The first-order chi connectivity index (χ1) is 17.7. The minimum Gasteiger partial charge on any atom is -0.438 e. The molecule has 0 aliphatic carbocycles. The van der Waals surface area contributed by atoms with Crippen LogP contribution < -0.4 is 15.4 Å². The van der Waals surface area contributed by atoms with E-state index in [0.29, 0.717) is 17.3 Å². The predicted octanol–water partition coefficient (Wildman–Crippen LogP) is 7.45. The molecule has 0 fully saturated rings. The Morgan fingerprint density at radius 1 is 0.919 bits per heavy atom. The summed E-state index contributed by atoms with van der Waals surface area (Å²) in [5.74, 6) is 1.88. The molecule has 0 bridgehead atoms. The summed E-state index contributed by atoms with van der Waals surface area (Å²) in [7, 11) is 0. The van der Waals surface area contributed by atoms with Gasteiger partial charge in [0, 0.05) is 30.2 Å². The molecule has 7 heteroatoms. The Hall–Kier alpha value is -4.26. The van der Waals surface area contributed by atoms with E-state index in [4.69, 9.17) is 4.74 Å². The van der Waals surface area contributed by atoms with Gasteiger partial charge in [0.05, 0.1) is 11.3 Å². The fourth-order valence-corrected chi connectivity index (χ4v) is 3.88. The number of hydrogen-bond acceptors (Lipinski definition) is 5. The molecule has 0 saturated carbocycles. The Bertz CT molecular complexity index is 1430. The van der Waals surface area contributed by atoms with E-state index in [1.165, 1.54) is 0 Å². The van der Waals surface area contributed by atoms with E-state index < -0.39 is 0 Å². The number of nitrogens with one attached hydrogen (secondary N) is 2. The van der Waals surface area contributed by atoms with Gasteiger partial charge in [-0.1, -0.05) is 39.8 Å². The standard InChI is InChI=1S/C30H33N5O2/c1-7-27-31-17-15-25(34-27)23-12-9-16-32-28(23)37-26-14-13-24(19(2)20(26)3)35-29(36)33-22-11-8-10-21(18-22)30(4,5)6/h8-18H,7H2,1-6H3,(H2,33,35,36). The van der Waals surface area contributed by atoms with Crippen LogP contribution in [0.3, 0.4) is 0 Å². The Kier molecular flexibility index (Phi) is 7.53. The van der Waals surface area contributed by atoms with Gasteiger partial charge in [-0.15, -0.1) is 0 Å². The third kappa shape index (κ3) is 6.12. The average Bonchev–Trinajstić information content (AvgIpc) is 2.88. The summed E-state index contributed by atoms with van der Waals surface area (Å²) in [6, 6.07) is 16.9. The van der Waals surface area contributed by atoms with E-state index in [9.17, 15) is 4.79 Å². The number of urea groups is 1. The lowest BCUT2D eigenvalue weighted by atomic mass is 9.87. The smallest absolute Gasteiger partial charge is 0.323 e. The molecule has 0 atom stereocenters. The topological polar surface area (TPSA) is 89.0 Å². The van der Waals surface area contributed by atoms with Crippen molar-refractivity contribution in [2.45, 2.75) is 53.4 Å². The predicted molar refractivity (Wildman–Crippen MR) is 148 cm³/mol. The number of carbonyl (C=O) groups is 1. The van der Waals surface area contributed by atoms with E-state index in [-0.39, 0.29) is 11.4 Å². The molecular formula is C30H33N5O2. The largest absolute Gasteiger partial charge is 0.438 e. The van der Waals surface area contributed by atoms with Crippen molar-refractivity contribution in [3.05, 3.63) is 89.5 Å². The molecular weight excluding hydrogens is 462 g/mol. The maximum absolute atomic E-state index is 12.8. The van der Waals surface area contributed by atoms with Gasteiger partial charge in [-0.3, -0.25) is 0 Å². The van der Waals surface area contributed by atoms with Crippen molar-refractivity contribution < 1.29 is 9.53 Å². The summed E-state index contributed by atoms with van der Waals surface area (Å²) in [6.07, 6.45) is 4.18. The lowest BCUT2D eigenvalue weighted by molar-refractivity contribution is 0.262. The molecule has 0 radical (unpaired) electrons. The monoisotopic (exact) mass is 495 g/mol. The van der Waals surface area contributed by atoms with Gasteiger partial charge in [-0.2, -0.15) is 0 Å². The third-order valence-corrected chi connectivity index (χ3v) is 6.25. The van der Waals surface area contributed by atoms with E-state index in [1.54, 1.807) is 12.4 Å². The summed E-state index contributed by atoms with van der Waals surface area (Å²) >= 11 is 0. The van der Waals surface area contributed by atoms with Crippen molar-refractivity contribution in [3.8, 4) is 22.9 Å². The first-order valence-corrected chi connectivity index (χ1v) is 12.4. The second-order valence-electron chi connectivity index (χ2n) is 9.94. The second kappa shape index (κ2) is 10.8. The number of pyridine rings is 1. The molecule has 7 nitrogen and oxygen atoms in total. The maximum atomic E-state index is 12.8. The van der Waals surface area contributed by atoms with Crippen LogP contribution in [-0.4, -0.2) is 21.0 Å². The molecule has 0 saturated heterocycles. The van der Waals surface area contributed by atoms with Crippen LogP contribution in [0, 0.1) is 13.8 Å². The van der Waals surface area contributed by atoms with Crippen molar-refractivity contribution in [1.82, 2.24) is 15.0 Å². The van der Waals surface area contributed by atoms with E-state index in [2.05, 4.69) is 52.4 Å². The summed E-state index contributed by atoms with van der Waals surface area (Å²) in [5.41, 5.74) is 5.96. The highest BCUT2D eigenvalue weighted by molar-refractivity contribution is 6.00. The van der Waals surface area contributed by atoms with E-state index in [1.807, 2.05) is 69.3 Å². The zero-order valence-electron chi connectivity index (χ0n) is 22.2. The number of aromatic nitrogens is 3. The van der Waals surface area contributed by atoms with Gasteiger partial charge in [0.1, 0.15) is 11.6 Å². The lowest BCUT2D eigenvalue weighted by Crippen LogP contribution is -2.21. The fourth-order valence-electron chi connectivity index (χ4n) is 3.88. The first kappa shape index (κ1) is 25.8. The van der Waals surface area contributed by atoms with Gasteiger partial charge in [0.25, 0.3) is 0 Å². The molecule has 4 rings (SSSR count). The summed E-state index contributed by atoms with van der Waals surface area (Å²) < 4.78 is 6.25. The number of ether oxygens (including phenoxy) is 1. The quantitative estimate of drug-likeness (QED) is 0.290. The fraction of sp³-hybridized carbons (Fsp3) is 0.267. The molecule has 2 amide bonds. The molecule has 190 valence electrons. The van der Waals surface area contributed by atoms with Crippen LogP contribution in [0.5, 0.6) is 11.6 Å². The summed E-state index contributed by atoms with van der Waals surface area (Å²) in [4.78, 5) is 26.1. The normalized spacial score (nSPS) is 11.2. The van der Waals surface area contributed by atoms with Crippen molar-refractivity contribution in [2.75, 3.05) is 10.6 Å². The number of amides is 2. The van der Waals surface area contributed by atoms with Crippen LogP contribution in [0.15, 0.2) is 67.0 Å². The number of carbonyl (C=O) groups excluding carboxylic acids is 1. The Morgan fingerprint density at radius 3 is 2.49 bits per heavy atom. The molecule has 2 aromatic heterocycles. The minimum atomic E-state index is -0.301. The van der Waals surface area contributed by atoms with Gasteiger partial charge in [-0.05, 0) is 78.4 Å². The summed E-state index contributed by atoms with van der Waals surface area (Å²) in [6.45, 7) is 12.4. The maximum Gasteiger partial charge on any atom is 0.323 e. The van der Waals surface area contributed by atoms with Crippen LogP contribution in [0.2, 0.25) is 0 Å². The molecule has 4 aromatic rings. The lowest BCUT2D eigenvalue weighted by Gasteiger charge is -2.20. The molecule has 0 aliphatic heterocycles. The number of rotatable bonds is 6. The number of aryl methyl sites for hydroxylation is 1. The van der Waals surface area contributed by atoms with Crippen molar-refractivity contribution in [2.24, 2.45) is 0 Å². The Morgan fingerprint density at radius 2 is 1.73 bits per heavy atom. The van der Waals surface area contributed by atoms with Crippen molar-refractivity contribution in [1.29, 1.82) is 0 Å². The first-order valence-electron chi connectivity index (χ1n) is 12.4. The van der Waals surface area contributed by atoms with Crippen LogP contribution in [0.1, 0.15) is 50.2 Å². The van der Waals surface area contributed by atoms with Crippen LogP contribution >= 0.6 is 0 Å². The Labute approximate surface area is 218 Å². The molecule has 0 spiro atoms. The molecule has 0 aliphatic rings. The van der Waals surface area contributed by atoms with Gasteiger partial charge in [0.2, 0.25) is 5.88 Å². The number of anilines is 2. The third-order valence-electron chi connectivity index (χ3n) is 6.25. The van der Waals surface area contributed by atoms with E-state index >= 15 is 0 Å². The van der Waals surface area contributed by atoms with Crippen molar-refractivity contribution in [3.63, 3.8) is 0 Å². The molecule has 2 heterocycles. The highest BCUT2D eigenvalue weighted by atomic mass is 16.5. The van der Waals surface area contributed by atoms with Gasteiger partial charge in [0.15, 0.2) is 0 Å². The number of nitrogens with zero attached hydrogens (tertiary/aromatic N) is 3. The average molecular weight is 496 g/mol. The van der Waals surface area contributed by atoms with Crippen molar-refractivity contribution >= 4 is 17.4 Å². The van der Waals surface area contributed by atoms with Crippen LogP contribution in [-0.2, 0) is 11.8 Å². The molecule has 2 aromatic carbocycles. The van der Waals surface area contributed by atoms with Crippen LogP contribution in [0.25, 0.3) is 11.3 Å². The van der Waals surface area contributed by atoms with Gasteiger partial charge in [-0.25, -0.2) is 19.7 Å². The van der Waals surface area contributed by atoms with Crippen LogP contribution in [0.4, 0.5) is 16.2 Å². The zero-order chi connectivity index (χ0) is 26.6. The van der Waals surface area contributed by atoms with Gasteiger partial charge < -0.3 is 15.4 Å². The molecule has 0 unspecified atom stereocenters. The highest BCUT2D eigenvalue weighted by Crippen LogP contribution is 2.34.